The van der Waals surface area contributed by atoms with Gasteiger partial charge in [0.25, 0.3) is 0 Å². The Hall–Kier alpha value is -1.23. The summed E-state index contributed by atoms with van der Waals surface area (Å²) < 4.78 is 20.6. The molecular formula is C36H67NO5Si2. The smallest absolute Gasteiger partial charge is 0.308 e. The molecule has 9 atom stereocenters. The summed E-state index contributed by atoms with van der Waals surface area (Å²) in [5, 5.41) is 0.0143. The van der Waals surface area contributed by atoms with Crippen LogP contribution >= 0.6 is 0 Å². The number of fused-ring (bicyclic) bond motifs is 1. The molecule has 44 heavy (non-hydrogen) atoms. The van der Waals surface area contributed by atoms with Crippen molar-refractivity contribution < 1.29 is 23.2 Å². The fraction of sp³-hybridized carbons (Fsp3) is 0.833. The highest BCUT2D eigenvalue weighted by molar-refractivity contribution is 6.74. The van der Waals surface area contributed by atoms with Crippen LogP contribution in [-0.4, -0.2) is 46.8 Å². The van der Waals surface area contributed by atoms with Gasteiger partial charge in [-0.1, -0.05) is 94.4 Å². The Kier molecular flexibility index (Phi) is 13.0. The van der Waals surface area contributed by atoms with Crippen molar-refractivity contribution in [1.82, 2.24) is 0 Å². The molecule has 0 aromatic heterocycles. The molecule has 0 aromatic carbocycles. The van der Waals surface area contributed by atoms with Gasteiger partial charge in [0.15, 0.2) is 16.6 Å². The third-order valence-electron chi connectivity index (χ3n) is 11.4. The molecule has 0 fully saturated rings. The van der Waals surface area contributed by atoms with Gasteiger partial charge in [-0.2, -0.15) is 0 Å². The Labute approximate surface area is 272 Å². The lowest BCUT2D eigenvalue weighted by Crippen LogP contribution is -2.55. The van der Waals surface area contributed by atoms with Gasteiger partial charge in [-0.15, -0.1) is 0 Å². The minimum absolute atomic E-state index is 0.0484. The van der Waals surface area contributed by atoms with Crippen molar-refractivity contribution in [3.63, 3.8) is 0 Å². The number of carbonyl (C=O) groups excluding carboxylic acids is 2. The largest absolute Gasteiger partial charge is 0.461 e. The first-order valence-electron chi connectivity index (χ1n) is 17.2. The molecule has 0 saturated carbocycles. The van der Waals surface area contributed by atoms with Crippen molar-refractivity contribution in [2.24, 2.45) is 41.2 Å². The normalized spacial score (nSPS) is 27.5. The molecule has 254 valence electrons. The van der Waals surface area contributed by atoms with Crippen LogP contribution in [0.25, 0.3) is 0 Å². The maximum Gasteiger partial charge on any atom is 0.308 e. The SMILES string of the molecule is CC[C@H](C[C@@H](O[Si](C)(C)C(C)(C)C)[C@@H](C(N)=O)[C@H]1C(C)C=CC2=C[C@H](C)C[C@H](OC(=O)[C@@H](C)CC)[C@@H]21)O[Si](C)(C)C(C)(C)C. The number of nitrogens with two attached hydrogens (primary N) is 1. The number of ether oxygens (including phenoxy) is 1. The van der Waals surface area contributed by atoms with Crippen molar-refractivity contribution >= 4 is 28.5 Å². The highest BCUT2D eigenvalue weighted by Crippen LogP contribution is 2.49. The molecule has 2 rings (SSSR count). The highest BCUT2D eigenvalue weighted by atomic mass is 28.4. The zero-order valence-electron chi connectivity index (χ0n) is 30.9. The van der Waals surface area contributed by atoms with Crippen LogP contribution in [0.5, 0.6) is 0 Å². The molecule has 2 N–H and O–H groups in total. The second-order valence-corrected chi connectivity index (χ2v) is 26.5. The number of primary amides is 1. The molecule has 0 bridgehead atoms. The number of esters is 1. The summed E-state index contributed by atoms with van der Waals surface area (Å²) in [6, 6.07) is 0. The molecule has 0 heterocycles. The van der Waals surface area contributed by atoms with Gasteiger partial charge in [-0.3, -0.25) is 9.59 Å². The van der Waals surface area contributed by atoms with Crippen LogP contribution in [0.2, 0.25) is 36.3 Å². The van der Waals surface area contributed by atoms with E-state index in [-0.39, 0.29) is 63.8 Å². The van der Waals surface area contributed by atoms with Crippen molar-refractivity contribution in [3.8, 4) is 0 Å². The maximum absolute atomic E-state index is 13.8. The van der Waals surface area contributed by atoms with E-state index < -0.39 is 28.7 Å². The standard InChI is InChI=1S/C36H67NO5Si2/c1-16-24(4)34(39)40-28-21-23(3)20-26-19-18-25(5)30(31(26)28)32(33(37)38)29(42-44(14,15)36(9,10)11)22-27(17-2)41-43(12,13)35(6,7)8/h18-20,23-25,27-32H,16-17,21-22H2,1-15H3,(H2,37,38)/t23-,24-,25?,27+,28-,29+,30-,31+,32+/m0/s1. The van der Waals surface area contributed by atoms with E-state index in [0.29, 0.717) is 6.42 Å². The van der Waals surface area contributed by atoms with Gasteiger partial charge in [0.05, 0.1) is 17.9 Å². The predicted octanol–water partition coefficient (Wildman–Crippen LogP) is 9.03. The molecule has 1 amide bonds. The van der Waals surface area contributed by atoms with Gasteiger partial charge in [-0.25, -0.2) is 0 Å². The number of hydrogen-bond donors (Lipinski definition) is 1. The van der Waals surface area contributed by atoms with Crippen LogP contribution in [0.3, 0.4) is 0 Å². The molecular weight excluding hydrogens is 583 g/mol. The lowest BCUT2D eigenvalue weighted by Gasteiger charge is -2.49. The fourth-order valence-corrected chi connectivity index (χ4v) is 9.09. The zero-order valence-corrected chi connectivity index (χ0v) is 32.9. The zero-order chi connectivity index (χ0) is 34.0. The average molecular weight is 650 g/mol. The quantitative estimate of drug-likeness (QED) is 0.159. The molecule has 0 spiro atoms. The van der Waals surface area contributed by atoms with E-state index in [1.807, 2.05) is 13.8 Å². The highest BCUT2D eigenvalue weighted by Gasteiger charge is 2.51. The Morgan fingerprint density at radius 1 is 0.955 bits per heavy atom. The van der Waals surface area contributed by atoms with Crippen LogP contribution < -0.4 is 5.73 Å². The summed E-state index contributed by atoms with van der Waals surface area (Å²) in [7, 11) is -4.41. The van der Waals surface area contributed by atoms with E-state index >= 15 is 0 Å². The third kappa shape index (κ3) is 9.19. The fourth-order valence-electron chi connectivity index (χ4n) is 6.29. The van der Waals surface area contributed by atoms with Crippen LogP contribution in [0, 0.1) is 35.5 Å². The first-order chi connectivity index (χ1) is 20.0. The van der Waals surface area contributed by atoms with Crippen LogP contribution in [-0.2, 0) is 23.2 Å². The number of rotatable bonds is 13. The number of hydrogen-bond acceptors (Lipinski definition) is 5. The Balaban J connectivity index is 2.68. The van der Waals surface area contributed by atoms with Crippen molar-refractivity contribution in [2.45, 2.75) is 156 Å². The summed E-state index contributed by atoms with van der Waals surface area (Å²) in [5.74, 6) is -1.20. The van der Waals surface area contributed by atoms with Crippen molar-refractivity contribution in [1.29, 1.82) is 0 Å². The van der Waals surface area contributed by atoms with Crippen molar-refractivity contribution in [2.75, 3.05) is 0 Å². The van der Waals surface area contributed by atoms with Gasteiger partial charge in [-0.05, 0) is 85.3 Å². The Morgan fingerprint density at radius 2 is 1.50 bits per heavy atom. The van der Waals surface area contributed by atoms with Crippen LogP contribution in [0.4, 0.5) is 0 Å². The molecule has 0 aliphatic heterocycles. The number of carbonyl (C=O) groups is 2. The first kappa shape index (κ1) is 39.0. The summed E-state index contributed by atoms with van der Waals surface area (Å²) >= 11 is 0. The first-order valence-corrected chi connectivity index (χ1v) is 23.0. The summed E-state index contributed by atoms with van der Waals surface area (Å²) in [6.07, 6.45) is 8.81. The minimum Gasteiger partial charge on any atom is -0.461 e. The molecule has 6 nitrogen and oxygen atoms in total. The van der Waals surface area contributed by atoms with Gasteiger partial charge >= 0.3 is 5.97 Å². The lowest BCUT2D eigenvalue weighted by molar-refractivity contribution is -0.159. The Morgan fingerprint density at radius 3 is 1.98 bits per heavy atom. The minimum atomic E-state index is -2.32. The molecule has 1 unspecified atom stereocenters. The molecule has 0 saturated heterocycles. The molecule has 0 aromatic rings. The predicted molar refractivity (Wildman–Crippen MR) is 188 cm³/mol. The van der Waals surface area contributed by atoms with E-state index in [2.05, 4.69) is 107 Å². The molecule has 0 radical (unpaired) electrons. The second kappa shape index (κ2) is 14.7. The number of allylic oxidation sites excluding steroid dienone is 3. The second-order valence-electron chi connectivity index (χ2n) is 17.0. The van der Waals surface area contributed by atoms with E-state index in [9.17, 15) is 9.59 Å². The summed E-state index contributed by atoms with van der Waals surface area (Å²) in [5.41, 5.74) is 7.60. The topological polar surface area (TPSA) is 87.9 Å². The maximum atomic E-state index is 13.8. The summed E-state index contributed by atoms with van der Waals surface area (Å²) in [4.78, 5) is 27.0. The van der Waals surface area contributed by atoms with E-state index in [1.54, 1.807) is 0 Å². The molecule has 2 aliphatic rings. The summed E-state index contributed by atoms with van der Waals surface area (Å²) in [6.45, 7) is 33.0. The van der Waals surface area contributed by atoms with Gasteiger partial charge < -0.3 is 19.3 Å². The molecule has 8 heteroatoms. The lowest BCUT2D eigenvalue weighted by atomic mass is 9.61. The van der Waals surface area contributed by atoms with Crippen LogP contribution in [0.1, 0.15) is 102 Å². The Bertz CT molecular complexity index is 1050. The van der Waals surface area contributed by atoms with E-state index in [4.69, 9.17) is 19.3 Å². The van der Waals surface area contributed by atoms with E-state index in [1.165, 1.54) is 0 Å². The van der Waals surface area contributed by atoms with E-state index in [0.717, 1.165) is 24.8 Å². The monoisotopic (exact) mass is 649 g/mol. The number of amides is 1. The van der Waals surface area contributed by atoms with Gasteiger partial charge in [0.2, 0.25) is 5.91 Å². The van der Waals surface area contributed by atoms with Crippen LogP contribution in [0.15, 0.2) is 23.8 Å². The third-order valence-corrected chi connectivity index (χ3v) is 20.4. The van der Waals surface area contributed by atoms with Crippen molar-refractivity contribution in [3.05, 3.63) is 23.8 Å². The average Bonchev–Trinajstić information content (AvgIpc) is 2.87. The van der Waals surface area contributed by atoms with Gasteiger partial charge in [0.1, 0.15) is 6.10 Å². The van der Waals surface area contributed by atoms with Gasteiger partial charge in [0, 0.05) is 12.0 Å². The molecule has 2 aliphatic carbocycles.